The Bertz CT molecular complexity index is 85.6. The molecule has 0 fully saturated rings. The Hall–Kier alpha value is 1.54. The van der Waals surface area contributed by atoms with Crippen LogP contribution >= 0.6 is 34.0 Å². The fourth-order valence-corrected chi connectivity index (χ4v) is 0.340. The molecule has 0 aliphatic heterocycles. The molecule has 0 aromatic heterocycles. The predicted molar refractivity (Wildman–Crippen MR) is 76.4 cm³/mol. The monoisotopic (exact) mass is 405 g/mol. The van der Waals surface area contributed by atoms with Gasteiger partial charge in [-0.15, -0.1) is 40.4 Å². The van der Waals surface area contributed by atoms with Crippen LogP contribution in [0.15, 0.2) is 18.2 Å². The van der Waals surface area contributed by atoms with Crippen LogP contribution in [0.1, 0.15) is 6.42 Å². The molecule has 0 heterocycles. The Morgan fingerprint density at radius 3 is 1.46 bits per heavy atom. The van der Waals surface area contributed by atoms with Crippen molar-refractivity contribution in [2.75, 3.05) is 0 Å². The van der Waals surface area contributed by atoms with Gasteiger partial charge in [0, 0.05) is 0 Å². The number of hydrogen-bond acceptors (Lipinski definition) is 0. The molecule has 0 radical (unpaired) electrons. The van der Waals surface area contributed by atoms with Crippen LogP contribution in [-0.4, -0.2) is 6.88 Å². The zero-order valence-corrected chi connectivity index (χ0v) is 16.3. The van der Waals surface area contributed by atoms with Crippen LogP contribution in [0.2, 0.25) is 0 Å². The third-order valence-corrected chi connectivity index (χ3v) is 0.586. The van der Waals surface area contributed by atoms with E-state index in [9.17, 15) is 0 Å². The summed E-state index contributed by atoms with van der Waals surface area (Å²) in [6.45, 7) is 1.95. The molecule has 0 amide bonds. The van der Waals surface area contributed by atoms with E-state index in [1.54, 1.807) is 23.3 Å². The first kappa shape index (κ1) is 46.9. The van der Waals surface area contributed by atoms with Gasteiger partial charge in [0.2, 0.25) is 0 Å². The van der Waals surface area contributed by atoms with E-state index >= 15 is 0 Å². The Kier molecular flexibility index (Phi) is 180. The van der Waals surface area contributed by atoms with E-state index in [0.29, 0.717) is 0 Å². The number of allylic oxidation sites excluding steroid dienone is 4. The SMILES string of the molecule is Br.Br.[C-]1=CC=CC1.[CH3-].[CH3-].[CH3-].[CH3-].[SiH2]=[Zr]. The molecule has 0 atom stereocenters. The minimum atomic E-state index is 0. The van der Waals surface area contributed by atoms with E-state index in [1.807, 2.05) is 19.0 Å². The van der Waals surface area contributed by atoms with Crippen molar-refractivity contribution in [2.24, 2.45) is 0 Å². The Morgan fingerprint density at radius 2 is 1.38 bits per heavy atom. The summed E-state index contributed by atoms with van der Waals surface area (Å²) < 4.78 is 0. The molecule has 1 aliphatic carbocycles. The molecule has 0 aromatic rings. The summed E-state index contributed by atoms with van der Waals surface area (Å²) in [6.07, 6.45) is 10.0. The molecule has 84 valence electrons. The van der Waals surface area contributed by atoms with E-state index in [-0.39, 0.29) is 63.7 Å². The third-order valence-electron chi connectivity index (χ3n) is 0.586. The van der Waals surface area contributed by atoms with Gasteiger partial charge in [-0.25, -0.2) is 12.2 Å². The van der Waals surface area contributed by atoms with Crippen LogP contribution < -0.4 is 0 Å². The Labute approximate surface area is 123 Å². The molecule has 4 heteroatoms. The average molecular weight is 408 g/mol. The molecule has 0 bridgehead atoms. The van der Waals surface area contributed by atoms with Gasteiger partial charge in [0.15, 0.2) is 0 Å². The van der Waals surface area contributed by atoms with Crippen molar-refractivity contribution in [3.63, 3.8) is 0 Å². The van der Waals surface area contributed by atoms with Gasteiger partial charge in [0.25, 0.3) is 0 Å². The minimum absolute atomic E-state index is 0. The van der Waals surface area contributed by atoms with Crippen molar-refractivity contribution in [3.05, 3.63) is 54.0 Å². The molecular weight excluding hydrogens is 387 g/mol. The summed E-state index contributed by atoms with van der Waals surface area (Å²) in [5, 5.41) is 0. The summed E-state index contributed by atoms with van der Waals surface area (Å²) >= 11 is 1.58. The van der Waals surface area contributed by atoms with Crippen LogP contribution in [0.3, 0.4) is 0 Å². The molecule has 0 unspecified atom stereocenters. The first-order valence-electron chi connectivity index (χ1n) is 2.07. The second-order valence-electron chi connectivity index (χ2n) is 1.00. The molecular formula is C9H21Br2SiZr-5. The fourth-order valence-electron chi connectivity index (χ4n) is 0.340. The van der Waals surface area contributed by atoms with Gasteiger partial charge in [-0.1, -0.05) is 0 Å². The number of halogens is 2. The van der Waals surface area contributed by atoms with Gasteiger partial charge >= 0.3 is 30.2 Å². The van der Waals surface area contributed by atoms with Crippen molar-refractivity contribution < 1.29 is 23.3 Å². The molecule has 0 saturated heterocycles. The van der Waals surface area contributed by atoms with Crippen molar-refractivity contribution in [3.8, 4) is 0 Å². The molecule has 0 nitrogen and oxygen atoms in total. The van der Waals surface area contributed by atoms with Crippen molar-refractivity contribution in [1.82, 2.24) is 0 Å². The van der Waals surface area contributed by atoms with Crippen molar-refractivity contribution in [1.29, 1.82) is 0 Å². The van der Waals surface area contributed by atoms with Gasteiger partial charge in [-0.05, 0) is 0 Å². The summed E-state index contributed by atoms with van der Waals surface area (Å²) in [6, 6.07) is 0. The van der Waals surface area contributed by atoms with E-state index in [2.05, 4.69) is 12.2 Å². The second kappa shape index (κ2) is 49.8. The summed E-state index contributed by atoms with van der Waals surface area (Å²) in [5.41, 5.74) is 0. The average Bonchev–Trinajstić information content (AvgIpc) is 2.23. The van der Waals surface area contributed by atoms with Crippen molar-refractivity contribution in [2.45, 2.75) is 6.42 Å². The van der Waals surface area contributed by atoms with E-state index in [4.69, 9.17) is 0 Å². The summed E-state index contributed by atoms with van der Waals surface area (Å²) in [7, 11) is 0. The summed E-state index contributed by atoms with van der Waals surface area (Å²) in [5.74, 6) is 0. The normalized spacial score (nSPS) is 7.00. The quantitative estimate of drug-likeness (QED) is 0.426. The molecule has 0 spiro atoms. The van der Waals surface area contributed by atoms with Crippen LogP contribution in [0.5, 0.6) is 0 Å². The second-order valence-corrected chi connectivity index (χ2v) is 1.00. The first-order chi connectivity index (χ1) is 3.50. The Morgan fingerprint density at radius 1 is 1.00 bits per heavy atom. The van der Waals surface area contributed by atoms with Crippen LogP contribution in [-0.2, 0) is 23.3 Å². The standard InChI is InChI=1S/C5H5.4CH3.2BrH.H2Si.Zr/c1-2-4-5-3-1;;;;;;;;/h1-3H,4H2;4*1H3;2*1H;1H2;/q5*-1;;;;. The van der Waals surface area contributed by atoms with Gasteiger partial charge < -0.3 is 29.7 Å². The van der Waals surface area contributed by atoms with E-state index in [1.165, 1.54) is 0 Å². The van der Waals surface area contributed by atoms with Crippen molar-refractivity contribution >= 4 is 40.8 Å². The van der Waals surface area contributed by atoms with Gasteiger partial charge in [0.1, 0.15) is 0 Å². The molecule has 1 aliphatic rings. The predicted octanol–water partition coefficient (Wildman–Crippen LogP) is 3.34. The molecule has 0 N–H and O–H groups in total. The Balaban J connectivity index is -0.00000000859. The summed E-state index contributed by atoms with van der Waals surface area (Å²) in [4.78, 5) is 0. The maximum absolute atomic E-state index is 2.99. The van der Waals surface area contributed by atoms with Gasteiger partial charge in [-0.2, -0.15) is 6.08 Å². The maximum atomic E-state index is 2.99. The first-order valence-corrected chi connectivity index (χ1v) is 7.99. The van der Waals surface area contributed by atoms with Crippen LogP contribution in [0, 0.1) is 35.8 Å². The van der Waals surface area contributed by atoms with E-state index in [0.717, 1.165) is 6.42 Å². The number of hydrogen-bond donors (Lipinski definition) is 0. The zero-order valence-electron chi connectivity index (χ0n) is 8.96. The topological polar surface area (TPSA) is 0 Å². The zero-order chi connectivity index (χ0) is 5.54. The van der Waals surface area contributed by atoms with E-state index < -0.39 is 0 Å². The molecule has 0 saturated carbocycles. The molecule has 13 heavy (non-hydrogen) atoms. The fraction of sp³-hybridized carbons (Fsp3) is 0.111. The van der Waals surface area contributed by atoms with Gasteiger partial charge in [-0.3, -0.25) is 6.08 Å². The third kappa shape index (κ3) is 42.2. The van der Waals surface area contributed by atoms with Crippen LogP contribution in [0.4, 0.5) is 0 Å². The van der Waals surface area contributed by atoms with Crippen LogP contribution in [0.25, 0.3) is 0 Å². The molecule has 1 rings (SSSR count). The van der Waals surface area contributed by atoms with Gasteiger partial charge in [0.05, 0.1) is 0 Å². The molecule has 0 aromatic carbocycles. The number of rotatable bonds is 0.